The molecule has 0 N–H and O–H groups in total. The molecule has 1 aliphatic carbocycles. The second-order valence-electron chi connectivity index (χ2n) is 9.27. The highest BCUT2D eigenvalue weighted by atomic mass is 19.2. The molecule has 2 heteroatoms. The van der Waals surface area contributed by atoms with Gasteiger partial charge in [-0.1, -0.05) is 81.6 Å². The van der Waals surface area contributed by atoms with Gasteiger partial charge in [0.25, 0.3) is 0 Å². The number of hydrogen-bond acceptors (Lipinski definition) is 0. The maximum absolute atomic E-state index is 14.2. The van der Waals surface area contributed by atoms with Crippen molar-refractivity contribution >= 4 is 5.83 Å². The smallest absolute Gasteiger partial charge is 0.161 e. The topological polar surface area (TPSA) is 0 Å². The SMILES string of the molecule is CCCC/C(F)=C(\F)c1ccc(CCc2ccc(C3CCC(CCC)CC3)cc2)cc1. The summed E-state index contributed by atoms with van der Waals surface area (Å²) in [6.45, 7) is 4.27. The molecule has 31 heavy (non-hydrogen) atoms. The first-order valence-electron chi connectivity index (χ1n) is 12.3. The molecule has 0 atom stereocenters. The van der Waals surface area contributed by atoms with Crippen molar-refractivity contribution < 1.29 is 8.78 Å². The predicted octanol–water partition coefficient (Wildman–Crippen LogP) is 9.34. The van der Waals surface area contributed by atoms with Gasteiger partial charge in [-0.05, 0) is 73.5 Å². The van der Waals surface area contributed by atoms with Crippen molar-refractivity contribution in [2.45, 2.75) is 90.4 Å². The lowest BCUT2D eigenvalue weighted by atomic mass is 9.77. The van der Waals surface area contributed by atoms with E-state index < -0.39 is 11.7 Å². The zero-order chi connectivity index (χ0) is 22.1. The summed E-state index contributed by atoms with van der Waals surface area (Å²) in [6.07, 6.45) is 11.7. The van der Waals surface area contributed by atoms with Crippen LogP contribution in [0.25, 0.3) is 5.83 Å². The van der Waals surface area contributed by atoms with Crippen LogP contribution in [0.15, 0.2) is 54.4 Å². The first kappa shape index (κ1) is 23.7. The Bertz CT molecular complexity index is 809. The van der Waals surface area contributed by atoms with Gasteiger partial charge in [0.05, 0.1) is 0 Å². The van der Waals surface area contributed by atoms with Crippen molar-refractivity contribution in [1.82, 2.24) is 0 Å². The summed E-state index contributed by atoms with van der Waals surface area (Å²) in [7, 11) is 0. The Labute approximate surface area is 187 Å². The molecular weight excluding hydrogens is 386 g/mol. The zero-order valence-corrected chi connectivity index (χ0v) is 19.3. The fraction of sp³-hybridized carbons (Fsp3) is 0.517. The number of aryl methyl sites for hydroxylation is 2. The molecule has 0 aromatic heterocycles. The molecule has 1 fully saturated rings. The normalized spacial score (nSPS) is 19.9. The summed E-state index contributed by atoms with van der Waals surface area (Å²) in [4.78, 5) is 0. The Morgan fingerprint density at radius 2 is 1.35 bits per heavy atom. The summed E-state index contributed by atoms with van der Waals surface area (Å²) in [6, 6.07) is 16.4. The molecule has 0 bridgehead atoms. The van der Waals surface area contributed by atoms with Crippen LogP contribution in [0.2, 0.25) is 0 Å². The van der Waals surface area contributed by atoms with Gasteiger partial charge < -0.3 is 0 Å². The first-order valence-corrected chi connectivity index (χ1v) is 12.3. The van der Waals surface area contributed by atoms with Gasteiger partial charge in [0, 0.05) is 12.0 Å². The van der Waals surface area contributed by atoms with Gasteiger partial charge in [0.1, 0.15) is 5.83 Å². The Balaban J connectivity index is 1.50. The summed E-state index contributed by atoms with van der Waals surface area (Å²) >= 11 is 0. The molecule has 2 aromatic carbocycles. The van der Waals surface area contributed by atoms with Gasteiger partial charge >= 0.3 is 0 Å². The number of unbranched alkanes of at least 4 members (excludes halogenated alkanes) is 1. The van der Waals surface area contributed by atoms with Crippen molar-refractivity contribution in [3.63, 3.8) is 0 Å². The van der Waals surface area contributed by atoms with E-state index >= 15 is 0 Å². The number of allylic oxidation sites excluding steroid dienone is 1. The largest absolute Gasteiger partial charge is 0.209 e. The van der Waals surface area contributed by atoms with E-state index in [-0.39, 0.29) is 6.42 Å². The molecule has 0 amide bonds. The average Bonchev–Trinajstić information content (AvgIpc) is 2.82. The van der Waals surface area contributed by atoms with Crippen LogP contribution in [-0.2, 0) is 12.8 Å². The Morgan fingerprint density at radius 1 is 0.774 bits per heavy atom. The molecule has 0 radical (unpaired) electrons. The monoisotopic (exact) mass is 424 g/mol. The van der Waals surface area contributed by atoms with Crippen molar-refractivity contribution in [2.24, 2.45) is 5.92 Å². The highest BCUT2D eigenvalue weighted by Crippen LogP contribution is 2.37. The van der Waals surface area contributed by atoms with Crippen LogP contribution in [0, 0.1) is 5.92 Å². The van der Waals surface area contributed by atoms with Crippen molar-refractivity contribution in [2.75, 3.05) is 0 Å². The van der Waals surface area contributed by atoms with Crippen molar-refractivity contribution in [3.05, 3.63) is 76.6 Å². The molecule has 1 aliphatic rings. The lowest BCUT2D eigenvalue weighted by Gasteiger charge is -2.28. The summed E-state index contributed by atoms with van der Waals surface area (Å²) in [5.74, 6) is 0.340. The Hall–Kier alpha value is -1.96. The Morgan fingerprint density at radius 3 is 1.90 bits per heavy atom. The van der Waals surface area contributed by atoms with Crippen molar-refractivity contribution in [3.8, 4) is 0 Å². The summed E-state index contributed by atoms with van der Waals surface area (Å²) in [5, 5.41) is 0. The number of hydrogen-bond donors (Lipinski definition) is 0. The zero-order valence-electron chi connectivity index (χ0n) is 19.3. The number of halogens is 2. The molecular formula is C29H38F2. The molecule has 168 valence electrons. The molecule has 0 unspecified atom stereocenters. The fourth-order valence-corrected chi connectivity index (χ4v) is 4.85. The fourth-order valence-electron chi connectivity index (χ4n) is 4.85. The third-order valence-electron chi connectivity index (χ3n) is 6.89. The number of benzene rings is 2. The quantitative estimate of drug-likeness (QED) is 0.356. The molecule has 0 heterocycles. The molecule has 0 saturated heterocycles. The van der Waals surface area contributed by atoms with E-state index in [4.69, 9.17) is 0 Å². The second kappa shape index (κ2) is 12.2. The standard InChI is InChI=1S/C29H38F2/c1-3-5-7-28(30)29(31)27-20-14-24(15-21-27)9-8-23-12-18-26(19-13-23)25-16-10-22(6-4-2)11-17-25/h12-15,18-22,25H,3-11,16-17H2,1-2H3/b29-28+. The van der Waals surface area contributed by atoms with Gasteiger partial charge in [0.15, 0.2) is 5.83 Å². The Kier molecular flexibility index (Phi) is 9.31. The highest BCUT2D eigenvalue weighted by Gasteiger charge is 2.21. The highest BCUT2D eigenvalue weighted by molar-refractivity contribution is 5.61. The number of rotatable bonds is 10. The molecule has 0 nitrogen and oxygen atoms in total. The van der Waals surface area contributed by atoms with E-state index in [0.717, 1.165) is 36.7 Å². The second-order valence-corrected chi connectivity index (χ2v) is 9.27. The van der Waals surface area contributed by atoms with Gasteiger partial charge in [-0.15, -0.1) is 0 Å². The van der Waals surface area contributed by atoms with E-state index in [1.807, 2.05) is 19.1 Å². The minimum atomic E-state index is -0.709. The minimum absolute atomic E-state index is 0.181. The maximum atomic E-state index is 14.2. The van der Waals surface area contributed by atoms with E-state index in [0.29, 0.717) is 12.0 Å². The molecule has 0 spiro atoms. The van der Waals surface area contributed by atoms with E-state index in [1.165, 1.54) is 49.7 Å². The van der Waals surface area contributed by atoms with Gasteiger partial charge in [-0.2, -0.15) is 0 Å². The summed E-state index contributed by atoms with van der Waals surface area (Å²) in [5.41, 5.74) is 4.33. The first-order chi connectivity index (χ1) is 15.1. The van der Waals surface area contributed by atoms with E-state index in [9.17, 15) is 8.78 Å². The third kappa shape index (κ3) is 7.02. The third-order valence-corrected chi connectivity index (χ3v) is 6.89. The van der Waals surface area contributed by atoms with Crippen LogP contribution in [0.1, 0.15) is 99.8 Å². The predicted molar refractivity (Wildman–Crippen MR) is 129 cm³/mol. The van der Waals surface area contributed by atoms with E-state index in [2.05, 4.69) is 31.2 Å². The van der Waals surface area contributed by atoms with Crippen LogP contribution in [0.4, 0.5) is 8.78 Å². The maximum Gasteiger partial charge on any atom is 0.161 e. The van der Waals surface area contributed by atoms with Gasteiger partial charge in [0.2, 0.25) is 0 Å². The van der Waals surface area contributed by atoms with Crippen LogP contribution in [0.5, 0.6) is 0 Å². The average molecular weight is 425 g/mol. The molecule has 1 saturated carbocycles. The van der Waals surface area contributed by atoms with Gasteiger partial charge in [-0.3, -0.25) is 0 Å². The molecule has 0 aliphatic heterocycles. The lowest BCUT2D eigenvalue weighted by molar-refractivity contribution is 0.308. The molecule has 2 aromatic rings. The van der Waals surface area contributed by atoms with Gasteiger partial charge in [-0.25, -0.2) is 8.78 Å². The van der Waals surface area contributed by atoms with Crippen LogP contribution in [-0.4, -0.2) is 0 Å². The van der Waals surface area contributed by atoms with Crippen molar-refractivity contribution in [1.29, 1.82) is 0 Å². The summed E-state index contributed by atoms with van der Waals surface area (Å²) < 4.78 is 28.1. The van der Waals surface area contributed by atoms with Crippen LogP contribution >= 0.6 is 0 Å². The lowest BCUT2D eigenvalue weighted by Crippen LogP contribution is -2.13. The van der Waals surface area contributed by atoms with Crippen LogP contribution in [0.3, 0.4) is 0 Å². The van der Waals surface area contributed by atoms with E-state index in [1.54, 1.807) is 12.1 Å². The van der Waals surface area contributed by atoms with Crippen LogP contribution < -0.4 is 0 Å². The minimum Gasteiger partial charge on any atom is -0.209 e. The molecule has 3 rings (SSSR count).